The molecule has 1 N–H and O–H groups in total. The van der Waals surface area contributed by atoms with E-state index in [0.29, 0.717) is 50.6 Å². The maximum Gasteiger partial charge on any atom is 0.246 e. The molecule has 1 aliphatic rings. The number of benzene rings is 2. The molecule has 176 valence electrons. The Hall–Kier alpha value is -3.02. The van der Waals surface area contributed by atoms with E-state index in [4.69, 9.17) is 4.74 Å². The van der Waals surface area contributed by atoms with Crippen molar-refractivity contribution in [3.8, 4) is 0 Å². The second kappa shape index (κ2) is 9.86. The maximum atomic E-state index is 13.1. The zero-order valence-corrected chi connectivity index (χ0v) is 19.6. The Morgan fingerprint density at radius 2 is 1.85 bits per heavy atom. The average molecular weight is 473 g/mol. The molecule has 0 unspecified atom stereocenters. The molecule has 0 saturated carbocycles. The summed E-state index contributed by atoms with van der Waals surface area (Å²) < 4.78 is 34.5. The van der Waals surface area contributed by atoms with Crippen molar-refractivity contribution >= 4 is 38.3 Å². The summed E-state index contributed by atoms with van der Waals surface area (Å²) in [5.74, 6) is -0.322. The zero-order chi connectivity index (χ0) is 23.4. The van der Waals surface area contributed by atoms with Crippen LogP contribution in [-0.4, -0.2) is 73.0 Å². The number of carbonyl (C=O) groups excluding carboxylic acids is 1. The number of ether oxygens (including phenoxy) is 1. The van der Waals surface area contributed by atoms with E-state index in [1.54, 1.807) is 26.0 Å². The average Bonchev–Trinajstić information content (AvgIpc) is 3.23. The number of fused-ring (bicyclic) bond motifs is 1. The standard InChI is InChI=1S/C22H28N6O4S/c1-3-27(4-2)33(30,31)17-9-10-20(26-11-13-32-14-12-26)19(15-17)23-22(29)16-28-21-8-6-5-7-18(21)24-25-28/h5-10,15H,3-4,11-14,16H2,1-2H3,(H,23,29). The number of anilines is 2. The van der Waals surface area contributed by atoms with Crippen LogP contribution < -0.4 is 10.2 Å². The lowest BCUT2D eigenvalue weighted by molar-refractivity contribution is -0.116. The van der Waals surface area contributed by atoms with Gasteiger partial charge in [-0.15, -0.1) is 5.10 Å². The van der Waals surface area contributed by atoms with E-state index >= 15 is 0 Å². The molecule has 2 aromatic carbocycles. The molecule has 1 saturated heterocycles. The quantitative estimate of drug-likeness (QED) is 0.533. The van der Waals surface area contributed by atoms with Crippen LogP contribution in [0.3, 0.4) is 0 Å². The molecular weight excluding hydrogens is 444 g/mol. The van der Waals surface area contributed by atoms with Crippen molar-refractivity contribution in [2.45, 2.75) is 25.3 Å². The number of nitrogens with one attached hydrogen (secondary N) is 1. The second-order valence-corrected chi connectivity index (χ2v) is 9.59. The lowest BCUT2D eigenvalue weighted by atomic mass is 10.2. The van der Waals surface area contributed by atoms with Crippen LogP contribution in [0, 0.1) is 0 Å². The fourth-order valence-electron chi connectivity index (χ4n) is 3.93. The minimum Gasteiger partial charge on any atom is -0.378 e. The Kier molecular flexibility index (Phi) is 6.91. The van der Waals surface area contributed by atoms with Crippen molar-refractivity contribution in [2.75, 3.05) is 49.6 Å². The van der Waals surface area contributed by atoms with Crippen LogP contribution in [0.2, 0.25) is 0 Å². The summed E-state index contributed by atoms with van der Waals surface area (Å²) in [5, 5.41) is 11.1. The Morgan fingerprint density at radius 1 is 1.12 bits per heavy atom. The van der Waals surface area contributed by atoms with E-state index in [1.807, 2.05) is 24.3 Å². The molecule has 0 bridgehead atoms. The third-order valence-electron chi connectivity index (χ3n) is 5.65. The number of nitrogens with zero attached hydrogens (tertiary/aromatic N) is 5. The van der Waals surface area contributed by atoms with E-state index in [9.17, 15) is 13.2 Å². The number of rotatable bonds is 8. The van der Waals surface area contributed by atoms with Gasteiger partial charge in [0, 0.05) is 26.2 Å². The van der Waals surface area contributed by atoms with Crippen molar-refractivity contribution in [1.29, 1.82) is 0 Å². The van der Waals surface area contributed by atoms with Gasteiger partial charge in [0.2, 0.25) is 15.9 Å². The third-order valence-corrected chi connectivity index (χ3v) is 7.70. The summed E-state index contributed by atoms with van der Waals surface area (Å²) >= 11 is 0. The Morgan fingerprint density at radius 3 is 2.58 bits per heavy atom. The Bertz CT molecular complexity index is 1230. The van der Waals surface area contributed by atoms with Crippen LogP contribution in [0.5, 0.6) is 0 Å². The van der Waals surface area contributed by atoms with Gasteiger partial charge in [-0.25, -0.2) is 13.1 Å². The van der Waals surface area contributed by atoms with Gasteiger partial charge in [0.15, 0.2) is 0 Å². The Labute approximate surface area is 193 Å². The van der Waals surface area contributed by atoms with Crippen molar-refractivity contribution in [1.82, 2.24) is 19.3 Å². The molecule has 0 spiro atoms. The molecule has 0 radical (unpaired) electrons. The first-order valence-corrected chi connectivity index (χ1v) is 12.4. The van der Waals surface area contributed by atoms with E-state index in [-0.39, 0.29) is 17.3 Å². The van der Waals surface area contributed by atoms with Gasteiger partial charge in [-0.3, -0.25) is 4.79 Å². The minimum atomic E-state index is -3.67. The van der Waals surface area contributed by atoms with Gasteiger partial charge in [-0.2, -0.15) is 4.31 Å². The number of hydrogen-bond acceptors (Lipinski definition) is 7. The Balaban J connectivity index is 1.65. The van der Waals surface area contributed by atoms with Gasteiger partial charge < -0.3 is 15.0 Å². The molecular formula is C22H28N6O4S. The van der Waals surface area contributed by atoms with Crippen LogP contribution >= 0.6 is 0 Å². The highest BCUT2D eigenvalue weighted by Crippen LogP contribution is 2.31. The largest absolute Gasteiger partial charge is 0.378 e. The van der Waals surface area contributed by atoms with Gasteiger partial charge in [0.1, 0.15) is 12.1 Å². The van der Waals surface area contributed by atoms with Gasteiger partial charge in [-0.05, 0) is 30.3 Å². The van der Waals surface area contributed by atoms with Crippen molar-refractivity contribution in [3.05, 3.63) is 42.5 Å². The summed E-state index contributed by atoms with van der Waals surface area (Å²) in [4.78, 5) is 15.2. The second-order valence-electron chi connectivity index (χ2n) is 7.65. The molecule has 3 aromatic rings. The van der Waals surface area contributed by atoms with E-state index in [1.165, 1.54) is 15.1 Å². The summed E-state index contributed by atoms with van der Waals surface area (Å²) in [6, 6.07) is 12.3. The first-order valence-electron chi connectivity index (χ1n) is 11.0. The maximum absolute atomic E-state index is 13.1. The topological polar surface area (TPSA) is 110 Å². The lowest BCUT2D eigenvalue weighted by Gasteiger charge is -2.31. The fraction of sp³-hybridized carbons (Fsp3) is 0.409. The molecule has 1 fully saturated rings. The molecule has 11 heteroatoms. The van der Waals surface area contributed by atoms with Gasteiger partial charge >= 0.3 is 0 Å². The monoisotopic (exact) mass is 472 g/mol. The number of aromatic nitrogens is 3. The smallest absolute Gasteiger partial charge is 0.246 e. The molecule has 10 nitrogen and oxygen atoms in total. The van der Waals surface area contributed by atoms with E-state index in [0.717, 1.165) is 11.2 Å². The third kappa shape index (κ3) is 4.85. The SMILES string of the molecule is CCN(CC)S(=O)(=O)c1ccc(N2CCOCC2)c(NC(=O)Cn2nnc3ccccc32)c1. The van der Waals surface area contributed by atoms with Gasteiger partial charge in [-0.1, -0.05) is 31.2 Å². The van der Waals surface area contributed by atoms with E-state index in [2.05, 4.69) is 20.5 Å². The van der Waals surface area contributed by atoms with Crippen molar-refractivity contribution in [2.24, 2.45) is 0 Å². The number of morpholine rings is 1. The van der Waals surface area contributed by atoms with Crippen LogP contribution in [0.15, 0.2) is 47.4 Å². The highest BCUT2D eigenvalue weighted by atomic mass is 32.2. The van der Waals surface area contributed by atoms with Gasteiger partial charge in [0.05, 0.1) is 35.0 Å². The summed E-state index contributed by atoms with van der Waals surface area (Å²) in [6.45, 7) is 6.72. The van der Waals surface area contributed by atoms with Crippen molar-refractivity contribution < 1.29 is 17.9 Å². The van der Waals surface area contributed by atoms with Crippen molar-refractivity contribution in [3.63, 3.8) is 0 Å². The zero-order valence-electron chi connectivity index (χ0n) is 18.8. The molecule has 2 heterocycles. The summed E-state index contributed by atoms with van der Waals surface area (Å²) in [5.41, 5.74) is 2.65. The fourth-order valence-corrected chi connectivity index (χ4v) is 5.41. The normalized spacial score (nSPS) is 14.7. The minimum absolute atomic E-state index is 0.0455. The summed E-state index contributed by atoms with van der Waals surface area (Å²) in [7, 11) is -3.67. The lowest BCUT2D eigenvalue weighted by Crippen LogP contribution is -2.37. The van der Waals surface area contributed by atoms with Crippen LogP contribution in [0.25, 0.3) is 11.0 Å². The molecule has 0 aliphatic carbocycles. The molecule has 4 rings (SSSR count). The number of para-hydroxylation sites is 1. The summed E-state index contributed by atoms with van der Waals surface area (Å²) in [6.07, 6.45) is 0. The first-order chi connectivity index (χ1) is 15.9. The van der Waals surface area contributed by atoms with Crippen LogP contribution in [0.4, 0.5) is 11.4 Å². The van der Waals surface area contributed by atoms with Gasteiger partial charge in [0.25, 0.3) is 0 Å². The van der Waals surface area contributed by atoms with Crippen LogP contribution in [-0.2, 0) is 26.1 Å². The number of carbonyl (C=O) groups is 1. The number of amides is 1. The predicted octanol–water partition coefficient (Wildman–Crippen LogP) is 1.94. The first kappa shape index (κ1) is 23.1. The molecule has 33 heavy (non-hydrogen) atoms. The molecule has 0 atom stereocenters. The molecule has 1 aliphatic heterocycles. The van der Waals surface area contributed by atoms with E-state index < -0.39 is 10.0 Å². The molecule has 1 amide bonds. The number of sulfonamides is 1. The highest BCUT2D eigenvalue weighted by molar-refractivity contribution is 7.89. The molecule has 1 aromatic heterocycles. The van der Waals surface area contributed by atoms with Crippen LogP contribution in [0.1, 0.15) is 13.8 Å². The predicted molar refractivity (Wildman–Crippen MR) is 126 cm³/mol. The highest BCUT2D eigenvalue weighted by Gasteiger charge is 2.25. The number of hydrogen-bond donors (Lipinski definition) is 1.